The van der Waals surface area contributed by atoms with Crippen molar-refractivity contribution in [2.75, 3.05) is 5.75 Å². The van der Waals surface area contributed by atoms with Crippen molar-refractivity contribution in [1.82, 2.24) is 10.9 Å². The van der Waals surface area contributed by atoms with Crippen molar-refractivity contribution in [2.45, 2.75) is 25.7 Å². The standard InChI is InChI=1S/C18H20N2O2S/c1-12-5-8-15(9-6-12)23-11-17(21)19-20-18(22)16-10-13(2)4-7-14(16)3/h4-10H,11H2,1-3H3,(H,19,21)(H,20,22). The second-order valence-corrected chi connectivity index (χ2v) is 6.47. The third kappa shape index (κ3) is 5.14. The van der Waals surface area contributed by atoms with Crippen LogP contribution in [0.25, 0.3) is 0 Å². The Kier molecular flexibility index (Phi) is 5.82. The molecule has 2 aromatic rings. The summed E-state index contributed by atoms with van der Waals surface area (Å²) in [6.07, 6.45) is 0. The maximum atomic E-state index is 12.1. The Morgan fingerprint density at radius 2 is 1.57 bits per heavy atom. The maximum absolute atomic E-state index is 12.1. The highest BCUT2D eigenvalue weighted by Gasteiger charge is 2.10. The van der Waals surface area contributed by atoms with E-state index in [0.717, 1.165) is 16.0 Å². The van der Waals surface area contributed by atoms with Crippen molar-refractivity contribution in [3.05, 3.63) is 64.7 Å². The van der Waals surface area contributed by atoms with E-state index in [-0.39, 0.29) is 17.6 Å². The Labute approximate surface area is 140 Å². The Hall–Kier alpha value is -2.27. The highest BCUT2D eigenvalue weighted by atomic mass is 32.2. The molecule has 0 unspecified atom stereocenters. The number of hydrazine groups is 1. The first kappa shape index (κ1) is 17.1. The third-order valence-electron chi connectivity index (χ3n) is 3.34. The molecule has 2 N–H and O–H groups in total. The normalized spacial score (nSPS) is 10.2. The van der Waals surface area contributed by atoms with Crippen molar-refractivity contribution < 1.29 is 9.59 Å². The maximum Gasteiger partial charge on any atom is 0.269 e. The zero-order valence-electron chi connectivity index (χ0n) is 13.5. The Bertz CT molecular complexity index is 711. The van der Waals surface area contributed by atoms with Gasteiger partial charge in [-0.15, -0.1) is 11.8 Å². The summed E-state index contributed by atoms with van der Waals surface area (Å²) in [5, 5.41) is 0. The highest BCUT2D eigenvalue weighted by molar-refractivity contribution is 8.00. The van der Waals surface area contributed by atoms with Crippen molar-refractivity contribution in [3.8, 4) is 0 Å². The van der Waals surface area contributed by atoms with Gasteiger partial charge in [0.05, 0.1) is 5.75 Å². The minimum Gasteiger partial charge on any atom is -0.272 e. The number of carbonyl (C=O) groups is 2. The van der Waals surface area contributed by atoms with Crippen LogP contribution in [-0.4, -0.2) is 17.6 Å². The van der Waals surface area contributed by atoms with Gasteiger partial charge in [0.15, 0.2) is 0 Å². The molecule has 5 heteroatoms. The summed E-state index contributed by atoms with van der Waals surface area (Å²) in [5.41, 5.74) is 8.53. The molecule has 0 radical (unpaired) electrons. The number of amides is 2. The quantitative estimate of drug-likeness (QED) is 0.669. The van der Waals surface area contributed by atoms with Crippen LogP contribution in [0.1, 0.15) is 27.0 Å². The van der Waals surface area contributed by atoms with E-state index in [4.69, 9.17) is 0 Å². The van der Waals surface area contributed by atoms with Crippen molar-refractivity contribution >= 4 is 23.6 Å². The SMILES string of the molecule is Cc1ccc(SCC(=O)NNC(=O)c2cc(C)ccc2C)cc1. The molecule has 0 aliphatic heterocycles. The first-order valence-electron chi connectivity index (χ1n) is 7.31. The fourth-order valence-electron chi connectivity index (χ4n) is 1.99. The lowest BCUT2D eigenvalue weighted by Crippen LogP contribution is -2.42. The van der Waals surface area contributed by atoms with Crippen molar-refractivity contribution in [2.24, 2.45) is 0 Å². The summed E-state index contributed by atoms with van der Waals surface area (Å²) in [7, 11) is 0. The molecule has 0 bridgehead atoms. The molecule has 0 fully saturated rings. The van der Waals surface area contributed by atoms with Gasteiger partial charge in [0.25, 0.3) is 5.91 Å². The minimum absolute atomic E-state index is 0.241. The second-order valence-electron chi connectivity index (χ2n) is 5.42. The molecule has 2 rings (SSSR count). The van der Waals surface area contributed by atoms with E-state index in [1.165, 1.54) is 17.3 Å². The van der Waals surface area contributed by atoms with Crippen molar-refractivity contribution in [3.63, 3.8) is 0 Å². The average Bonchev–Trinajstić information content (AvgIpc) is 2.54. The van der Waals surface area contributed by atoms with Gasteiger partial charge >= 0.3 is 0 Å². The molecule has 4 nitrogen and oxygen atoms in total. The summed E-state index contributed by atoms with van der Waals surface area (Å²) in [5.74, 6) is -0.301. The van der Waals surface area contributed by atoms with Gasteiger partial charge in [0.2, 0.25) is 5.91 Å². The molecule has 0 saturated heterocycles. The molecule has 23 heavy (non-hydrogen) atoms. The predicted octanol–water partition coefficient (Wildman–Crippen LogP) is 3.17. The summed E-state index contributed by atoms with van der Waals surface area (Å²) in [4.78, 5) is 24.9. The number of hydrogen-bond acceptors (Lipinski definition) is 3. The van der Waals surface area contributed by atoms with Gasteiger partial charge in [0, 0.05) is 10.5 Å². The van der Waals surface area contributed by atoms with E-state index in [1.807, 2.05) is 57.2 Å². The Morgan fingerprint density at radius 1 is 0.913 bits per heavy atom. The van der Waals surface area contributed by atoms with E-state index >= 15 is 0 Å². The molecule has 120 valence electrons. The second kappa shape index (κ2) is 7.83. The minimum atomic E-state index is -0.306. The monoisotopic (exact) mass is 328 g/mol. The van der Waals surface area contributed by atoms with Crippen LogP contribution in [0, 0.1) is 20.8 Å². The molecule has 2 aromatic carbocycles. The number of benzene rings is 2. The van der Waals surface area contributed by atoms with Gasteiger partial charge in [-0.3, -0.25) is 20.4 Å². The number of aryl methyl sites for hydroxylation is 3. The number of hydrogen-bond donors (Lipinski definition) is 2. The topological polar surface area (TPSA) is 58.2 Å². The van der Waals surface area contributed by atoms with Gasteiger partial charge in [-0.2, -0.15) is 0 Å². The molecule has 0 aromatic heterocycles. The molecule has 0 atom stereocenters. The molecule has 0 aliphatic rings. The summed E-state index contributed by atoms with van der Waals surface area (Å²) in [6, 6.07) is 13.6. The van der Waals surface area contributed by atoms with Gasteiger partial charge in [-0.05, 0) is 44.5 Å². The summed E-state index contributed by atoms with van der Waals surface area (Å²) < 4.78 is 0. The smallest absolute Gasteiger partial charge is 0.269 e. The highest BCUT2D eigenvalue weighted by Crippen LogP contribution is 2.17. The van der Waals surface area contributed by atoms with E-state index in [1.54, 1.807) is 6.07 Å². The number of rotatable bonds is 4. The predicted molar refractivity (Wildman–Crippen MR) is 93.4 cm³/mol. The number of carbonyl (C=O) groups excluding carboxylic acids is 2. The molecule has 0 heterocycles. The Morgan fingerprint density at radius 3 is 2.26 bits per heavy atom. The average molecular weight is 328 g/mol. The van der Waals surface area contributed by atoms with Crippen LogP contribution in [0.2, 0.25) is 0 Å². The van der Waals surface area contributed by atoms with E-state index in [0.29, 0.717) is 5.56 Å². The van der Waals surface area contributed by atoms with Gasteiger partial charge in [-0.25, -0.2) is 0 Å². The molecule has 0 spiro atoms. The van der Waals surface area contributed by atoms with Gasteiger partial charge in [-0.1, -0.05) is 35.4 Å². The molecule has 0 saturated carbocycles. The fraction of sp³-hybridized carbons (Fsp3) is 0.222. The Balaban J connectivity index is 1.83. The van der Waals surface area contributed by atoms with E-state index in [9.17, 15) is 9.59 Å². The first-order valence-corrected chi connectivity index (χ1v) is 8.30. The van der Waals surface area contributed by atoms with Crippen LogP contribution >= 0.6 is 11.8 Å². The molecule has 0 aliphatic carbocycles. The van der Waals surface area contributed by atoms with Crippen LogP contribution in [0.5, 0.6) is 0 Å². The lowest BCUT2D eigenvalue weighted by Gasteiger charge is -2.10. The van der Waals surface area contributed by atoms with Crippen LogP contribution in [0.4, 0.5) is 0 Å². The number of nitrogens with one attached hydrogen (secondary N) is 2. The van der Waals surface area contributed by atoms with Gasteiger partial charge < -0.3 is 0 Å². The van der Waals surface area contributed by atoms with Crippen LogP contribution in [-0.2, 0) is 4.79 Å². The summed E-state index contributed by atoms with van der Waals surface area (Å²) >= 11 is 1.43. The van der Waals surface area contributed by atoms with E-state index < -0.39 is 0 Å². The number of thioether (sulfide) groups is 1. The zero-order chi connectivity index (χ0) is 16.8. The third-order valence-corrected chi connectivity index (χ3v) is 4.36. The van der Waals surface area contributed by atoms with Gasteiger partial charge in [0.1, 0.15) is 0 Å². The fourth-order valence-corrected chi connectivity index (χ4v) is 2.69. The molecular weight excluding hydrogens is 308 g/mol. The first-order chi connectivity index (χ1) is 11.0. The van der Waals surface area contributed by atoms with Crippen LogP contribution in [0.15, 0.2) is 47.4 Å². The van der Waals surface area contributed by atoms with Crippen LogP contribution in [0.3, 0.4) is 0 Å². The largest absolute Gasteiger partial charge is 0.272 e. The van der Waals surface area contributed by atoms with Crippen LogP contribution < -0.4 is 10.9 Å². The molecular formula is C18H20N2O2S. The zero-order valence-corrected chi connectivity index (χ0v) is 14.3. The van der Waals surface area contributed by atoms with Crippen molar-refractivity contribution in [1.29, 1.82) is 0 Å². The summed E-state index contributed by atoms with van der Waals surface area (Å²) in [6.45, 7) is 5.81. The van der Waals surface area contributed by atoms with E-state index in [2.05, 4.69) is 10.9 Å². The lowest BCUT2D eigenvalue weighted by molar-refractivity contribution is -0.119. The molecule has 2 amide bonds. The lowest BCUT2D eigenvalue weighted by atomic mass is 10.1.